The first-order chi connectivity index (χ1) is 15.5. The number of unbranched alkanes of at least 4 members (excludes halogenated alkanes) is 14. The molecular weight excluding hydrogens is 481 g/mol. The third-order valence-electron chi connectivity index (χ3n) is 5.24. The summed E-state index contributed by atoms with van der Waals surface area (Å²) < 4.78 is 0. The van der Waals surface area contributed by atoms with E-state index in [1.54, 1.807) is 0 Å². The van der Waals surface area contributed by atoms with Gasteiger partial charge in [-0.3, -0.25) is 0 Å². The van der Waals surface area contributed by atoms with Crippen molar-refractivity contribution in [3.05, 3.63) is 0 Å². The molecule has 0 heterocycles. The Morgan fingerprint density at radius 2 is 0.829 bits per heavy atom. The quantitative estimate of drug-likeness (QED) is 0.146. The molecule has 0 radical (unpaired) electrons. The van der Waals surface area contributed by atoms with E-state index in [1.807, 2.05) is 0 Å². The van der Waals surface area contributed by atoms with E-state index in [2.05, 4.69) is 6.92 Å². The van der Waals surface area contributed by atoms with E-state index in [-0.39, 0.29) is 52.5 Å². The minimum absolute atomic E-state index is 0. The summed E-state index contributed by atoms with van der Waals surface area (Å²) in [5.41, 5.74) is -2.97. The van der Waals surface area contributed by atoms with E-state index in [9.17, 15) is 39.6 Å². The van der Waals surface area contributed by atoms with Gasteiger partial charge in [-0.15, -0.1) is 0 Å². The van der Waals surface area contributed by atoms with Gasteiger partial charge >= 0.3 is 46.1 Å². The Morgan fingerprint density at radius 3 is 1.06 bits per heavy atom. The third kappa shape index (κ3) is 31.3. The summed E-state index contributed by atoms with van der Waals surface area (Å²) in [5, 5.41) is 49.1. The van der Waals surface area contributed by atoms with Gasteiger partial charge in [0.1, 0.15) is 5.60 Å². The van der Waals surface area contributed by atoms with Crippen LogP contribution >= 0.6 is 0 Å². The molecule has 0 aliphatic heterocycles. The summed E-state index contributed by atoms with van der Waals surface area (Å²) in [6.07, 6.45) is 17.1. The van der Waals surface area contributed by atoms with Crippen LogP contribution in [-0.2, 0) is 19.2 Å². The zero-order valence-electron chi connectivity index (χ0n) is 21.4. The van der Waals surface area contributed by atoms with Crippen LogP contribution < -0.4 is 20.4 Å². The molecule has 9 nitrogen and oxygen atoms in total. The molecule has 0 aliphatic rings. The molecule has 0 aliphatic carbocycles. The van der Waals surface area contributed by atoms with E-state index in [0.29, 0.717) is 0 Å². The van der Waals surface area contributed by atoms with Crippen LogP contribution in [0, 0.1) is 0 Å². The SMILES string of the molecule is CCCCCCCCCCCCCCCCCC(=O)[O-].O=C([O-])CC(O)(CC(=O)[O-])C(=O)[O-].[Mg+2].[Mg+2]. The number of carbonyl (C=O) groups is 4. The van der Waals surface area contributed by atoms with Crippen LogP contribution in [0.3, 0.4) is 0 Å². The number of carbonyl (C=O) groups excluding carboxylic acids is 4. The molecular formula is C24H40Mg2O9. The first-order valence-corrected chi connectivity index (χ1v) is 12.1. The number of hydrogen-bond acceptors (Lipinski definition) is 9. The predicted octanol–water partition coefficient (Wildman–Crippen LogP) is -1.02. The van der Waals surface area contributed by atoms with Gasteiger partial charge in [-0.2, -0.15) is 0 Å². The molecule has 0 fully saturated rings. The summed E-state index contributed by atoms with van der Waals surface area (Å²) in [6, 6.07) is 0. The Hall–Kier alpha value is -0.628. The minimum Gasteiger partial charge on any atom is -0.550 e. The van der Waals surface area contributed by atoms with E-state index in [0.717, 1.165) is 12.8 Å². The van der Waals surface area contributed by atoms with Gasteiger partial charge in [0.2, 0.25) is 0 Å². The third-order valence-corrected chi connectivity index (χ3v) is 5.24. The predicted molar refractivity (Wildman–Crippen MR) is 125 cm³/mol. The molecule has 0 aromatic heterocycles. The summed E-state index contributed by atoms with van der Waals surface area (Å²) >= 11 is 0. The zero-order chi connectivity index (χ0) is 25.5. The van der Waals surface area contributed by atoms with Crippen LogP contribution in [0.25, 0.3) is 0 Å². The minimum atomic E-state index is -2.97. The average Bonchev–Trinajstić information content (AvgIpc) is 2.70. The van der Waals surface area contributed by atoms with Crippen molar-refractivity contribution in [2.24, 2.45) is 0 Å². The number of aliphatic hydroxyl groups is 1. The Morgan fingerprint density at radius 1 is 0.543 bits per heavy atom. The normalized spacial score (nSPS) is 10.2. The van der Waals surface area contributed by atoms with Crippen LogP contribution in [0.4, 0.5) is 0 Å². The van der Waals surface area contributed by atoms with Gasteiger partial charge in [0.05, 0.1) is 5.97 Å². The monoisotopic (exact) mass is 520 g/mol. The molecule has 0 amide bonds. The van der Waals surface area contributed by atoms with Crippen LogP contribution in [-0.4, -0.2) is 80.7 Å². The van der Waals surface area contributed by atoms with E-state index in [4.69, 9.17) is 5.11 Å². The Balaban J connectivity index is -0.000000281. The molecule has 0 saturated carbocycles. The molecule has 0 aromatic carbocycles. The van der Waals surface area contributed by atoms with Gasteiger partial charge in [0, 0.05) is 30.7 Å². The zero-order valence-corrected chi connectivity index (χ0v) is 24.2. The van der Waals surface area contributed by atoms with Gasteiger partial charge in [-0.25, -0.2) is 0 Å². The van der Waals surface area contributed by atoms with Crippen molar-refractivity contribution < 1.29 is 44.7 Å². The largest absolute Gasteiger partial charge is 2.00 e. The molecule has 0 aromatic rings. The standard InChI is InChI=1S/C18H36O2.C6H8O7.2Mg/c1-2-3-4-5-6-7-8-9-10-11-12-13-14-15-16-17-18(19)20;7-3(8)1-6(13,5(11)12)2-4(9)10;;/h2-17H2,1H3,(H,19,20);13H,1-2H2,(H,7,8)(H,9,10)(H,11,12);;/q;;2*+2/p-4. The first kappa shape index (κ1) is 41.5. The first-order valence-electron chi connectivity index (χ1n) is 12.1. The molecule has 11 heteroatoms. The van der Waals surface area contributed by atoms with Crippen molar-refractivity contribution in [1.82, 2.24) is 0 Å². The van der Waals surface area contributed by atoms with E-state index < -0.39 is 42.3 Å². The van der Waals surface area contributed by atoms with Crippen LogP contribution in [0.5, 0.6) is 0 Å². The van der Waals surface area contributed by atoms with Crippen LogP contribution in [0.2, 0.25) is 0 Å². The number of carboxylic acids is 4. The van der Waals surface area contributed by atoms with Crippen LogP contribution in [0.15, 0.2) is 0 Å². The number of hydrogen-bond donors (Lipinski definition) is 1. The van der Waals surface area contributed by atoms with Gasteiger partial charge in [0.25, 0.3) is 0 Å². The topological polar surface area (TPSA) is 181 Å². The average molecular weight is 521 g/mol. The fourth-order valence-electron chi connectivity index (χ4n) is 3.33. The summed E-state index contributed by atoms with van der Waals surface area (Å²) in [4.78, 5) is 40.2. The summed E-state index contributed by atoms with van der Waals surface area (Å²) in [7, 11) is 0. The van der Waals surface area contributed by atoms with Gasteiger partial charge in [0.15, 0.2) is 0 Å². The number of rotatable bonds is 21. The summed E-state index contributed by atoms with van der Waals surface area (Å²) in [5.74, 6) is -6.89. The van der Waals surface area contributed by atoms with Crippen LogP contribution in [0.1, 0.15) is 122 Å². The smallest absolute Gasteiger partial charge is 0.550 e. The van der Waals surface area contributed by atoms with Gasteiger partial charge in [-0.1, -0.05) is 96.8 Å². The second-order valence-electron chi connectivity index (χ2n) is 8.49. The molecule has 0 spiro atoms. The molecule has 35 heavy (non-hydrogen) atoms. The number of carboxylic acid groups (broad SMARTS) is 4. The Bertz CT molecular complexity index is 541. The molecule has 0 unspecified atom stereocenters. The molecule has 0 atom stereocenters. The number of aliphatic carboxylic acids is 4. The van der Waals surface area contributed by atoms with Crippen molar-refractivity contribution >= 4 is 70.0 Å². The van der Waals surface area contributed by atoms with Crippen molar-refractivity contribution in [3.8, 4) is 0 Å². The maximum Gasteiger partial charge on any atom is 2.00 e. The molecule has 0 bridgehead atoms. The fourth-order valence-corrected chi connectivity index (χ4v) is 3.33. The van der Waals surface area contributed by atoms with Crippen molar-refractivity contribution in [3.63, 3.8) is 0 Å². The van der Waals surface area contributed by atoms with Gasteiger partial charge in [-0.05, 0) is 12.8 Å². The molecule has 0 rings (SSSR count). The molecule has 1 N–H and O–H groups in total. The molecule has 194 valence electrons. The maximum atomic E-state index is 10.2. The molecule has 0 saturated heterocycles. The van der Waals surface area contributed by atoms with Crippen molar-refractivity contribution in [2.45, 2.75) is 128 Å². The second-order valence-corrected chi connectivity index (χ2v) is 8.49. The summed E-state index contributed by atoms with van der Waals surface area (Å²) in [6.45, 7) is 2.27. The van der Waals surface area contributed by atoms with Crippen molar-refractivity contribution in [1.29, 1.82) is 0 Å². The van der Waals surface area contributed by atoms with E-state index in [1.165, 1.54) is 83.5 Å². The Labute approximate surface area is 241 Å². The van der Waals surface area contributed by atoms with Crippen molar-refractivity contribution in [2.75, 3.05) is 0 Å². The Kier molecular flexibility index (Phi) is 33.1. The van der Waals surface area contributed by atoms with E-state index >= 15 is 0 Å². The fraction of sp³-hybridized carbons (Fsp3) is 0.833. The van der Waals surface area contributed by atoms with Gasteiger partial charge < -0.3 is 44.7 Å². The maximum absolute atomic E-state index is 10.2. The second kappa shape index (κ2) is 28.0.